The monoisotopic (exact) mass is 184 g/mol. The summed E-state index contributed by atoms with van der Waals surface area (Å²) in [5, 5.41) is 2.58. The van der Waals surface area contributed by atoms with Crippen LogP contribution in [0, 0.1) is 5.92 Å². The average molecular weight is 184 g/mol. The Bertz CT molecular complexity index is 228. The van der Waals surface area contributed by atoms with Crippen LogP contribution < -0.4 is 5.32 Å². The lowest BCUT2D eigenvalue weighted by Crippen LogP contribution is -2.43. The number of rotatable bonds is 1. The minimum absolute atomic E-state index is 0.0158. The second-order valence-electron chi connectivity index (χ2n) is 3.64. The molecule has 1 fully saturated rings. The number of carbonyl (C=O) groups is 2. The van der Waals surface area contributed by atoms with Gasteiger partial charge in [-0.25, -0.2) is 0 Å². The highest BCUT2D eigenvalue weighted by molar-refractivity contribution is 5.87. The summed E-state index contributed by atoms with van der Waals surface area (Å²) in [6.45, 7) is 4.26. The van der Waals surface area contributed by atoms with Crippen molar-refractivity contribution in [3.05, 3.63) is 0 Å². The van der Waals surface area contributed by atoms with Gasteiger partial charge in [0.05, 0.1) is 0 Å². The molecule has 0 radical (unpaired) electrons. The van der Waals surface area contributed by atoms with Crippen molar-refractivity contribution < 1.29 is 9.59 Å². The fourth-order valence-electron chi connectivity index (χ4n) is 1.81. The summed E-state index contributed by atoms with van der Waals surface area (Å²) in [5.74, 6) is 0.351. The molecule has 13 heavy (non-hydrogen) atoms. The van der Waals surface area contributed by atoms with E-state index in [-0.39, 0.29) is 17.9 Å². The van der Waals surface area contributed by atoms with Gasteiger partial charge in [-0.15, -0.1) is 0 Å². The van der Waals surface area contributed by atoms with Crippen LogP contribution in [-0.4, -0.2) is 36.3 Å². The molecule has 1 aliphatic rings. The van der Waals surface area contributed by atoms with Crippen LogP contribution in [0.4, 0.5) is 0 Å². The maximum Gasteiger partial charge on any atom is 0.242 e. The molecule has 0 bridgehead atoms. The first-order valence-corrected chi connectivity index (χ1v) is 4.55. The zero-order valence-electron chi connectivity index (χ0n) is 8.33. The first-order chi connectivity index (χ1) is 6.06. The molecule has 0 aliphatic carbocycles. The van der Waals surface area contributed by atoms with Crippen molar-refractivity contribution in [2.24, 2.45) is 5.92 Å². The van der Waals surface area contributed by atoms with E-state index < -0.39 is 0 Å². The van der Waals surface area contributed by atoms with Crippen LogP contribution in [0.3, 0.4) is 0 Å². The van der Waals surface area contributed by atoms with E-state index in [1.807, 2.05) is 0 Å². The molecule has 0 aromatic carbocycles. The molecular weight excluding hydrogens is 168 g/mol. The standard InChI is InChI=1S/C9H16N2O2/c1-6-4-8(9(13)10-3)11(5-6)7(2)12/h6,8H,4-5H2,1-3H3,(H,10,13). The largest absolute Gasteiger partial charge is 0.357 e. The van der Waals surface area contributed by atoms with Gasteiger partial charge in [0.25, 0.3) is 0 Å². The van der Waals surface area contributed by atoms with E-state index in [0.717, 1.165) is 6.42 Å². The molecule has 0 saturated carbocycles. The Balaban J connectivity index is 2.71. The van der Waals surface area contributed by atoms with Crippen molar-refractivity contribution in [3.8, 4) is 0 Å². The lowest BCUT2D eigenvalue weighted by Gasteiger charge is -2.21. The molecule has 0 aromatic rings. The number of likely N-dealkylation sites (N-methyl/N-ethyl adjacent to an activating group) is 1. The van der Waals surface area contributed by atoms with Crippen LogP contribution in [0.25, 0.3) is 0 Å². The summed E-state index contributed by atoms with van der Waals surface area (Å²) >= 11 is 0. The number of nitrogens with zero attached hydrogens (tertiary/aromatic N) is 1. The highest BCUT2D eigenvalue weighted by Gasteiger charge is 2.35. The molecule has 0 spiro atoms. The van der Waals surface area contributed by atoms with Gasteiger partial charge in [-0.1, -0.05) is 6.92 Å². The summed E-state index contributed by atoms with van der Waals surface area (Å²) in [6.07, 6.45) is 0.777. The summed E-state index contributed by atoms with van der Waals surface area (Å²) in [6, 6.07) is -0.252. The first-order valence-electron chi connectivity index (χ1n) is 4.55. The van der Waals surface area contributed by atoms with Crippen molar-refractivity contribution >= 4 is 11.8 Å². The molecule has 4 heteroatoms. The number of carbonyl (C=O) groups excluding carboxylic acids is 2. The number of nitrogens with one attached hydrogen (secondary N) is 1. The Labute approximate surface area is 78.3 Å². The summed E-state index contributed by atoms with van der Waals surface area (Å²) in [4.78, 5) is 24.2. The van der Waals surface area contributed by atoms with Crippen molar-refractivity contribution in [2.45, 2.75) is 26.3 Å². The SMILES string of the molecule is CNC(=O)C1CC(C)CN1C(C)=O. The van der Waals surface area contributed by atoms with Crippen LogP contribution in [0.2, 0.25) is 0 Å². The van der Waals surface area contributed by atoms with Crippen LogP contribution in [0.15, 0.2) is 0 Å². The first kappa shape index (κ1) is 10.0. The number of hydrogen-bond donors (Lipinski definition) is 1. The van der Waals surface area contributed by atoms with Gasteiger partial charge in [-0.2, -0.15) is 0 Å². The molecule has 0 aromatic heterocycles. The van der Waals surface area contributed by atoms with Gasteiger partial charge in [0, 0.05) is 20.5 Å². The molecule has 1 rings (SSSR count). The Hall–Kier alpha value is -1.06. The van der Waals surface area contributed by atoms with Crippen molar-refractivity contribution in [1.29, 1.82) is 0 Å². The van der Waals surface area contributed by atoms with E-state index in [4.69, 9.17) is 0 Å². The van der Waals surface area contributed by atoms with Gasteiger partial charge >= 0.3 is 0 Å². The molecule has 1 heterocycles. The minimum atomic E-state index is -0.252. The van der Waals surface area contributed by atoms with Gasteiger partial charge in [-0.3, -0.25) is 9.59 Å². The summed E-state index contributed by atoms with van der Waals surface area (Å²) in [5.41, 5.74) is 0. The minimum Gasteiger partial charge on any atom is -0.357 e. The van der Waals surface area contributed by atoms with E-state index in [1.165, 1.54) is 6.92 Å². The van der Waals surface area contributed by atoms with Crippen molar-refractivity contribution in [1.82, 2.24) is 10.2 Å². The Morgan fingerprint density at radius 1 is 1.46 bits per heavy atom. The molecule has 74 valence electrons. The molecule has 4 nitrogen and oxygen atoms in total. The van der Waals surface area contributed by atoms with Gasteiger partial charge in [0.2, 0.25) is 11.8 Å². The van der Waals surface area contributed by atoms with E-state index in [1.54, 1.807) is 11.9 Å². The highest BCUT2D eigenvalue weighted by atomic mass is 16.2. The maximum atomic E-state index is 11.4. The van der Waals surface area contributed by atoms with Crippen LogP contribution in [0.1, 0.15) is 20.3 Å². The normalized spacial score (nSPS) is 27.5. The second kappa shape index (κ2) is 3.77. The maximum absolute atomic E-state index is 11.4. The second-order valence-corrected chi connectivity index (χ2v) is 3.64. The third kappa shape index (κ3) is 1.99. The summed E-state index contributed by atoms with van der Waals surface area (Å²) in [7, 11) is 1.60. The predicted octanol–water partition coefficient (Wildman–Crippen LogP) is -0.0107. The number of likely N-dealkylation sites (tertiary alicyclic amines) is 1. The van der Waals surface area contributed by atoms with Gasteiger partial charge < -0.3 is 10.2 Å². The van der Waals surface area contributed by atoms with Crippen LogP contribution in [0.5, 0.6) is 0 Å². The quantitative estimate of drug-likeness (QED) is 0.623. The van der Waals surface area contributed by atoms with Gasteiger partial charge in [-0.05, 0) is 12.3 Å². The average Bonchev–Trinajstić information content (AvgIpc) is 2.46. The van der Waals surface area contributed by atoms with Gasteiger partial charge in [0.15, 0.2) is 0 Å². The molecular formula is C9H16N2O2. The van der Waals surface area contributed by atoms with E-state index >= 15 is 0 Å². The highest BCUT2D eigenvalue weighted by Crippen LogP contribution is 2.22. The smallest absolute Gasteiger partial charge is 0.242 e. The molecule has 2 amide bonds. The van der Waals surface area contributed by atoms with Crippen molar-refractivity contribution in [2.75, 3.05) is 13.6 Å². The number of hydrogen-bond acceptors (Lipinski definition) is 2. The van der Waals surface area contributed by atoms with Crippen LogP contribution >= 0.6 is 0 Å². The third-order valence-electron chi connectivity index (χ3n) is 2.46. The Morgan fingerprint density at radius 3 is 2.54 bits per heavy atom. The van der Waals surface area contributed by atoms with E-state index in [9.17, 15) is 9.59 Å². The third-order valence-corrected chi connectivity index (χ3v) is 2.46. The topological polar surface area (TPSA) is 49.4 Å². The lowest BCUT2D eigenvalue weighted by atomic mass is 10.1. The fraction of sp³-hybridized carbons (Fsp3) is 0.778. The van der Waals surface area contributed by atoms with Gasteiger partial charge in [0.1, 0.15) is 6.04 Å². The molecule has 2 atom stereocenters. The zero-order chi connectivity index (χ0) is 10.0. The number of amides is 2. The Morgan fingerprint density at radius 2 is 2.08 bits per heavy atom. The molecule has 1 N–H and O–H groups in total. The predicted molar refractivity (Wildman–Crippen MR) is 49.0 cm³/mol. The molecule has 1 saturated heterocycles. The van der Waals surface area contributed by atoms with E-state index in [0.29, 0.717) is 12.5 Å². The molecule has 1 aliphatic heterocycles. The van der Waals surface area contributed by atoms with Crippen molar-refractivity contribution in [3.63, 3.8) is 0 Å². The lowest BCUT2D eigenvalue weighted by molar-refractivity contribution is -0.136. The Kier molecular flexibility index (Phi) is 2.90. The molecule has 2 unspecified atom stereocenters. The fourth-order valence-corrected chi connectivity index (χ4v) is 1.81. The van der Waals surface area contributed by atoms with Crippen LogP contribution in [-0.2, 0) is 9.59 Å². The zero-order valence-corrected chi connectivity index (χ0v) is 8.33. The van der Waals surface area contributed by atoms with E-state index in [2.05, 4.69) is 12.2 Å². The summed E-state index contributed by atoms with van der Waals surface area (Å²) < 4.78 is 0.